The molecule has 2 aromatic rings. The van der Waals surface area contributed by atoms with Crippen LogP contribution < -0.4 is 0 Å². The second kappa shape index (κ2) is 5.45. The molecule has 4 fully saturated rings. The number of esters is 1. The monoisotopic (exact) mass is 338 g/mol. The molecule has 25 heavy (non-hydrogen) atoms. The molecule has 0 amide bonds. The van der Waals surface area contributed by atoms with Crippen LogP contribution in [0.3, 0.4) is 0 Å². The highest BCUT2D eigenvalue weighted by Gasteiger charge is 2.55. The minimum Gasteiger partial charge on any atom is -0.457 e. The molecule has 1 aromatic heterocycles. The summed E-state index contributed by atoms with van der Waals surface area (Å²) in [6.07, 6.45) is 6.71. The Morgan fingerprint density at radius 3 is 2.32 bits per heavy atom. The Bertz CT molecular complexity index is 778. The first-order valence-electron chi connectivity index (χ1n) is 9.30. The number of hydrogen-bond acceptors (Lipinski definition) is 4. The number of benzene rings is 1. The SMILES string of the molecule is O=C(COC(=O)C12CC3CC(CC(C3)C1)C2)c1cc2ccccc2o1. The van der Waals surface area contributed by atoms with Crippen molar-refractivity contribution in [2.24, 2.45) is 23.2 Å². The van der Waals surface area contributed by atoms with Crippen LogP contribution in [0.5, 0.6) is 0 Å². The first kappa shape index (κ1) is 15.2. The Morgan fingerprint density at radius 2 is 1.68 bits per heavy atom. The maximum atomic E-state index is 12.8. The van der Waals surface area contributed by atoms with E-state index in [1.807, 2.05) is 24.3 Å². The lowest BCUT2D eigenvalue weighted by Crippen LogP contribution is -2.50. The van der Waals surface area contributed by atoms with Gasteiger partial charge in [0, 0.05) is 5.39 Å². The predicted octanol–water partition coefficient (Wildman–Crippen LogP) is 4.38. The van der Waals surface area contributed by atoms with E-state index in [9.17, 15) is 9.59 Å². The largest absolute Gasteiger partial charge is 0.457 e. The van der Waals surface area contributed by atoms with Gasteiger partial charge < -0.3 is 9.15 Å². The summed E-state index contributed by atoms with van der Waals surface area (Å²) in [4.78, 5) is 25.2. The van der Waals surface area contributed by atoms with E-state index in [4.69, 9.17) is 9.15 Å². The van der Waals surface area contributed by atoms with Gasteiger partial charge >= 0.3 is 5.97 Å². The molecule has 4 bridgehead atoms. The summed E-state index contributed by atoms with van der Waals surface area (Å²) in [6.45, 7) is -0.222. The lowest BCUT2D eigenvalue weighted by Gasteiger charge is -2.55. The Hall–Kier alpha value is -2.10. The summed E-state index contributed by atoms with van der Waals surface area (Å²) in [5, 5.41) is 0.887. The molecular formula is C21H22O4. The van der Waals surface area contributed by atoms with Crippen LogP contribution >= 0.6 is 0 Å². The van der Waals surface area contributed by atoms with Gasteiger partial charge in [0.05, 0.1) is 5.41 Å². The highest BCUT2D eigenvalue weighted by molar-refractivity contribution is 5.99. The predicted molar refractivity (Wildman–Crippen MR) is 92.1 cm³/mol. The zero-order valence-corrected chi connectivity index (χ0v) is 14.2. The van der Waals surface area contributed by atoms with Crippen LogP contribution in [0.4, 0.5) is 0 Å². The zero-order chi connectivity index (χ0) is 17.0. The van der Waals surface area contributed by atoms with Crippen molar-refractivity contribution in [3.05, 3.63) is 36.1 Å². The smallest absolute Gasteiger partial charge is 0.312 e. The molecule has 0 N–H and O–H groups in total. The summed E-state index contributed by atoms with van der Waals surface area (Å²) < 4.78 is 11.1. The minimum atomic E-state index is -0.317. The number of furan rings is 1. The molecule has 4 saturated carbocycles. The number of carbonyl (C=O) groups is 2. The van der Waals surface area contributed by atoms with Gasteiger partial charge in [-0.1, -0.05) is 18.2 Å². The third-order valence-corrected chi connectivity index (χ3v) is 6.51. The van der Waals surface area contributed by atoms with Crippen molar-refractivity contribution >= 4 is 22.7 Å². The fraction of sp³-hybridized carbons (Fsp3) is 0.524. The van der Waals surface area contributed by atoms with Gasteiger partial charge in [-0.05, 0) is 68.4 Å². The fourth-order valence-electron chi connectivity index (χ4n) is 5.84. The Morgan fingerprint density at radius 1 is 1.04 bits per heavy atom. The fourth-order valence-corrected chi connectivity index (χ4v) is 5.84. The molecule has 1 aromatic carbocycles. The lowest BCUT2D eigenvalue weighted by molar-refractivity contribution is -0.170. The average Bonchev–Trinajstić information content (AvgIpc) is 3.02. The van der Waals surface area contributed by atoms with E-state index in [1.165, 1.54) is 19.3 Å². The van der Waals surface area contributed by atoms with Gasteiger partial charge in [0.2, 0.25) is 5.78 Å². The number of ether oxygens (including phenoxy) is 1. The molecule has 0 unspecified atom stereocenters. The first-order valence-corrected chi connectivity index (χ1v) is 9.30. The van der Waals surface area contributed by atoms with Crippen LogP contribution in [-0.4, -0.2) is 18.4 Å². The molecule has 4 heteroatoms. The molecule has 0 saturated heterocycles. The zero-order valence-electron chi connectivity index (χ0n) is 14.2. The number of hydrogen-bond donors (Lipinski definition) is 0. The third kappa shape index (κ3) is 2.50. The van der Waals surface area contributed by atoms with Crippen LogP contribution in [0.2, 0.25) is 0 Å². The summed E-state index contributed by atoms with van der Waals surface area (Å²) in [6, 6.07) is 9.22. The number of ketones is 1. The van der Waals surface area contributed by atoms with Crippen LogP contribution in [0.15, 0.2) is 34.7 Å². The standard InChI is InChI=1S/C21H22O4/c22-17(19-8-16-3-1-2-4-18(16)25-19)12-24-20(23)21-9-13-5-14(10-21)7-15(6-13)11-21/h1-4,8,13-15H,5-7,9-12H2. The number of carbonyl (C=O) groups excluding carboxylic acids is 2. The minimum absolute atomic E-state index is 0.156. The van der Waals surface area contributed by atoms with E-state index in [-0.39, 0.29) is 29.5 Å². The maximum Gasteiger partial charge on any atom is 0.312 e. The van der Waals surface area contributed by atoms with Crippen LogP contribution in [-0.2, 0) is 9.53 Å². The topological polar surface area (TPSA) is 56.5 Å². The van der Waals surface area contributed by atoms with Crippen molar-refractivity contribution in [2.75, 3.05) is 6.61 Å². The molecule has 4 nitrogen and oxygen atoms in total. The molecular weight excluding hydrogens is 316 g/mol. The normalized spacial score (nSPS) is 32.9. The van der Waals surface area contributed by atoms with E-state index in [0.717, 1.165) is 24.6 Å². The van der Waals surface area contributed by atoms with Gasteiger partial charge in [0.25, 0.3) is 0 Å². The van der Waals surface area contributed by atoms with E-state index in [0.29, 0.717) is 23.3 Å². The van der Waals surface area contributed by atoms with Gasteiger partial charge in [0.1, 0.15) is 5.58 Å². The van der Waals surface area contributed by atoms with Crippen LogP contribution in [0.25, 0.3) is 11.0 Å². The summed E-state index contributed by atoms with van der Waals surface area (Å²) >= 11 is 0. The van der Waals surface area contributed by atoms with Crippen molar-refractivity contribution in [3.63, 3.8) is 0 Å². The number of para-hydroxylation sites is 1. The second-order valence-electron chi connectivity index (χ2n) is 8.35. The van der Waals surface area contributed by atoms with Gasteiger partial charge in [-0.15, -0.1) is 0 Å². The van der Waals surface area contributed by atoms with Crippen molar-refractivity contribution in [1.29, 1.82) is 0 Å². The van der Waals surface area contributed by atoms with Crippen LogP contribution in [0, 0.1) is 23.2 Å². The molecule has 0 atom stereocenters. The summed E-state index contributed by atoms with van der Waals surface area (Å²) in [5.74, 6) is 1.89. The highest BCUT2D eigenvalue weighted by Crippen LogP contribution is 2.60. The Balaban J connectivity index is 1.28. The first-order chi connectivity index (χ1) is 12.1. The summed E-state index contributed by atoms with van der Waals surface area (Å²) in [5.41, 5.74) is 0.362. The molecule has 0 radical (unpaired) electrons. The van der Waals surface area contributed by atoms with Crippen molar-refractivity contribution in [1.82, 2.24) is 0 Å². The molecule has 1 heterocycles. The van der Waals surface area contributed by atoms with E-state index >= 15 is 0 Å². The van der Waals surface area contributed by atoms with E-state index in [1.54, 1.807) is 6.07 Å². The quantitative estimate of drug-likeness (QED) is 0.613. The number of Topliss-reactive ketones (excluding diaryl/α,β-unsaturated/α-hetero) is 1. The average molecular weight is 338 g/mol. The van der Waals surface area contributed by atoms with Gasteiger partial charge in [0.15, 0.2) is 12.4 Å². The van der Waals surface area contributed by atoms with Gasteiger partial charge in [-0.3, -0.25) is 9.59 Å². The van der Waals surface area contributed by atoms with Gasteiger partial charge in [-0.2, -0.15) is 0 Å². The third-order valence-electron chi connectivity index (χ3n) is 6.51. The Kier molecular flexibility index (Phi) is 3.31. The van der Waals surface area contributed by atoms with E-state index in [2.05, 4.69) is 0 Å². The summed E-state index contributed by atoms with van der Waals surface area (Å²) in [7, 11) is 0. The number of fused-ring (bicyclic) bond motifs is 1. The van der Waals surface area contributed by atoms with E-state index < -0.39 is 0 Å². The maximum absolute atomic E-state index is 12.8. The lowest BCUT2D eigenvalue weighted by atomic mass is 9.49. The molecule has 4 aliphatic rings. The second-order valence-corrected chi connectivity index (χ2v) is 8.35. The molecule has 6 rings (SSSR count). The van der Waals surface area contributed by atoms with Crippen molar-refractivity contribution < 1.29 is 18.7 Å². The molecule has 4 aliphatic carbocycles. The van der Waals surface area contributed by atoms with Gasteiger partial charge in [-0.25, -0.2) is 0 Å². The molecule has 0 spiro atoms. The number of rotatable bonds is 4. The van der Waals surface area contributed by atoms with Crippen molar-refractivity contribution in [2.45, 2.75) is 38.5 Å². The Labute approximate surface area is 146 Å². The molecule has 130 valence electrons. The van der Waals surface area contributed by atoms with Crippen LogP contribution in [0.1, 0.15) is 49.1 Å². The van der Waals surface area contributed by atoms with Crippen molar-refractivity contribution in [3.8, 4) is 0 Å². The molecule has 0 aliphatic heterocycles. The highest BCUT2D eigenvalue weighted by atomic mass is 16.5.